The molecule has 29 heavy (non-hydrogen) atoms. The van der Waals surface area contributed by atoms with Crippen molar-refractivity contribution in [2.24, 2.45) is 0 Å². The molecule has 152 valence electrons. The maximum atomic E-state index is 13.1. The summed E-state index contributed by atoms with van der Waals surface area (Å²) in [4.78, 5) is 28.2. The molecule has 0 radical (unpaired) electrons. The number of nitrogens with one attached hydrogen (secondary N) is 2. The molecule has 10 heteroatoms. The Morgan fingerprint density at radius 3 is 2.76 bits per heavy atom. The van der Waals surface area contributed by atoms with Gasteiger partial charge in [0.15, 0.2) is 10.6 Å². The predicted octanol–water partition coefficient (Wildman–Crippen LogP) is 3.71. The number of hydrogen-bond donors (Lipinski definition) is 2. The highest BCUT2D eigenvalue weighted by Crippen LogP contribution is 2.27. The third kappa shape index (κ3) is 4.19. The van der Waals surface area contributed by atoms with Crippen molar-refractivity contribution in [1.29, 1.82) is 0 Å². The third-order valence-electron chi connectivity index (χ3n) is 5.12. The van der Waals surface area contributed by atoms with E-state index < -0.39 is 6.04 Å². The van der Waals surface area contributed by atoms with E-state index in [0.717, 1.165) is 17.7 Å². The second kappa shape index (κ2) is 8.60. The maximum absolute atomic E-state index is 13.1. The number of rotatable bonds is 5. The van der Waals surface area contributed by atoms with Crippen LogP contribution >= 0.6 is 34.9 Å². The number of aromatic nitrogens is 3. The van der Waals surface area contributed by atoms with E-state index in [1.54, 1.807) is 15.9 Å². The van der Waals surface area contributed by atoms with Crippen molar-refractivity contribution in [2.75, 3.05) is 13.1 Å². The lowest BCUT2D eigenvalue weighted by atomic mass is 10.0. The summed E-state index contributed by atoms with van der Waals surface area (Å²) in [6.45, 7) is 3.07. The zero-order chi connectivity index (χ0) is 20.4. The molecule has 0 bridgehead atoms. The number of aromatic amines is 1. The van der Waals surface area contributed by atoms with Crippen molar-refractivity contribution in [3.8, 4) is 10.7 Å². The molecule has 1 fully saturated rings. The van der Waals surface area contributed by atoms with E-state index in [4.69, 9.17) is 12.2 Å². The summed E-state index contributed by atoms with van der Waals surface area (Å²) in [6.07, 6.45) is 1.48. The molecule has 0 saturated carbocycles. The molecule has 3 aromatic rings. The van der Waals surface area contributed by atoms with Crippen LogP contribution in [0.1, 0.15) is 36.2 Å². The number of carbonyl (C=O) groups excluding carboxylic acids is 2. The average Bonchev–Trinajstić information content (AvgIpc) is 3.48. The first-order valence-corrected chi connectivity index (χ1v) is 11.6. The van der Waals surface area contributed by atoms with Crippen LogP contribution in [-0.4, -0.2) is 50.6 Å². The van der Waals surface area contributed by atoms with Gasteiger partial charge in [-0.15, -0.1) is 11.3 Å². The largest absolute Gasteiger partial charge is 0.349 e. The van der Waals surface area contributed by atoms with Crippen molar-refractivity contribution in [3.63, 3.8) is 0 Å². The smallest absolute Gasteiger partial charge is 0.252 e. The first-order valence-electron chi connectivity index (χ1n) is 9.37. The predicted molar refractivity (Wildman–Crippen MR) is 117 cm³/mol. The fourth-order valence-electron chi connectivity index (χ4n) is 3.52. The summed E-state index contributed by atoms with van der Waals surface area (Å²) in [6, 6.07) is 5.36. The van der Waals surface area contributed by atoms with Crippen molar-refractivity contribution in [1.82, 2.24) is 25.0 Å². The topological polar surface area (TPSA) is 83.0 Å². The van der Waals surface area contributed by atoms with Crippen LogP contribution in [0, 0.1) is 4.77 Å². The monoisotopic (exact) mass is 447 g/mol. The lowest BCUT2D eigenvalue weighted by molar-refractivity contribution is -0.135. The van der Waals surface area contributed by atoms with E-state index in [9.17, 15) is 9.59 Å². The Morgan fingerprint density at radius 2 is 2.10 bits per heavy atom. The third-order valence-corrected chi connectivity index (χ3v) is 6.95. The summed E-state index contributed by atoms with van der Waals surface area (Å²) in [5.41, 5.74) is 0.692. The summed E-state index contributed by atoms with van der Waals surface area (Å²) >= 11 is 8.45. The lowest BCUT2D eigenvalue weighted by Gasteiger charge is -2.34. The van der Waals surface area contributed by atoms with Crippen LogP contribution in [0.4, 0.5) is 0 Å². The zero-order valence-electron chi connectivity index (χ0n) is 15.8. The Hall–Kier alpha value is -2.30. The van der Waals surface area contributed by atoms with E-state index in [1.807, 2.05) is 46.2 Å². The lowest BCUT2D eigenvalue weighted by Crippen LogP contribution is -2.48. The summed E-state index contributed by atoms with van der Waals surface area (Å²) in [7, 11) is 0. The van der Waals surface area contributed by atoms with Crippen molar-refractivity contribution in [2.45, 2.75) is 31.8 Å². The van der Waals surface area contributed by atoms with Crippen LogP contribution < -0.4 is 5.32 Å². The number of amides is 2. The second-order valence-electron chi connectivity index (χ2n) is 6.96. The van der Waals surface area contributed by atoms with Gasteiger partial charge < -0.3 is 10.2 Å². The van der Waals surface area contributed by atoms with Crippen LogP contribution in [0.25, 0.3) is 10.7 Å². The van der Waals surface area contributed by atoms with Gasteiger partial charge in [-0.1, -0.05) is 6.07 Å². The van der Waals surface area contributed by atoms with E-state index in [-0.39, 0.29) is 17.9 Å². The molecule has 7 nitrogen and oxygen atoms in total. The Kier molecular flexibility index (Phi) is 5.93. The highest BCUT2D eigenvalue weighted by atomic mass is 32.1. The molecule has 1 atom stereocenters. The fraction of sp³-hybridized carbons (Fsp3) is 0.368. The van der Waals surface area contributed by atoms with Gasteiger partial charge in [-0.2, -0.15) is 16.4 Å². The van der Waals surface area contributed by atoms with E-state index in [0.29, 0.717) is 29.2 Å². The molecule has 4 rings (SSSR count). The maximum Gasteiger partial charge on any atom is 0.252 e. The fourth-order valence-corrected chi connectivity index (χ4v) is 5.16. The van der Waals surface area contributed by atoms with Crippen molar-refractivity contribution >= 4 is 46.7 Å². The molecule has 4 heterocycles. The van der Waals surface area contributed by atoms with Gasteiger partial charge in [-0.05, 0) is 54.9 Å². The highest BCUT2D eigenvalue weighted by Gasteiger charge is 2.29. The number of carbonyl (C=O) groups is 2. The molecule has 2 amide bonds. The van der Waals surface area contributed by atoms with Crippen molar-refractivity contribution < 1.29 is 9.59 Å². The van der Waals surface area contributed by atoms with Crippen LogP contribution in [0.15, 0.2) is 34.3 Å². The number of hydrogen-bond acceptors (Lipinski definition) is 6. The van der Waals surface area contributed by atoms with Crippen LogP contribution in [-0.2, 0) is 4.79 Å². The number of H-pyrrole nitrogens is 1. The minimum atomic E-state index is -0.449. The van der Waals surface area contributed by atoms with Gasteiger partial charge in [0.2, 0.25) is 5.91 Å². The number of likely N-dealkylation sites (tertiary alicyclic amines) is 1. The Balaban J connectivity index is 1.39. The Labute approximate surface area is 181 Å². The van der Waals surface area contributed by atoms with Gasteiger partial charge in [0.25, 0.3) is 5.91 Å². The first kappa shape index (κ1) is 20.0. The van der Waals surface area contributed by atoms with Gasteiger partial charge in [-0.25, -0.2) is 0 Å². The standard InChI is InChI=1S/C19H21N5O2S3/c1-12(24-16(21-22-19(24)27)15-3-2-9-29-15)18(26)23-7-4-14(5-8-23)20-17(25)13-6-10-28-11-13/h2-3,6,9-12,14H,4-5,7-8H2,1H3,(H,20,25)(H,22,27). The van der Waals surface area contributed by atoms with Gasteiger partial charge in [0.05, 0.1) is 4.88 Å². The molecule has 0 spiro atoms. The first-order chi connectivity index (χ1) is 14.0. The van der Waals surface area contributed by atoms with Crippen LogP contribution in [0.3, 0.4) is 0 Å². The number of piperidine rings is 1. The van der Waals surface area contributed by atoms with Gasteiger partial charge in [0, 0.05) is 30.1 Å². The molecule has 2 N–H and O–H groups in total. The molecular formula is C19H21N5O2S3. The van der Waals surface area contributed by atoms with E-state index in [2.05, 4.69) is 15.5 Å². The van der Waals surface area contributed by atoms with Gasteiger partial charge in [-0.3, -0.25) is 19.3 Å². The van der Waals surface area contributed by atoms with Crippen LogP contribution in [0.2, 0.25) is 0 Å². The minimum absolute atomic E-state index is 0.0166. The van der Waals surface area contributed by atoms with Crippen LogP contribution in [0.5, 0.6) is 0 Å². The molecule has 1 saturated heterocycles. The molecule has 1 aliphatic rings. The van der Waals surface area contributed by atoms with E-state index in [1.165, 1.54) is 11.3 Å². The SMILES string of the molecule is CC(C(=O)N1CCC(NC(=O)c2ccsc2)CC1)n1c(-c2cccs2)n[nH]c1=S. The molecule has 3 aromatic heterocycles. The molecule has 0 aromatic carbocycles. The zero-order valence-corrected chi connectivity index (χ0v) is 18.3. The quantitative estimate of drug-likeness (QED) is 0.584. The average molecular weight is 448 g/mol. The Morgan fingerprint density at radius 1 is 1.31 bits per heavy atom. The summed E-state index contributed by atoms with van der Waals surface area (Å²) < 4.78 is 2.22. The molecule has 1 unspecified atom stereocenters. The minimum Gasteiger partial charge on any atom is -0.349 e. The normalized spacial score (nSPS) is 16.0. The number of nitrogens with zero attached hydrogens (tertiary/aromatic N) is 3. The highest BCUT2D eigenvalue weighted by molar-refractivity contribution is 7.71. The van der Waals surface area contributed by atoms with Gasteiger partial charge in [0.1, 0.15) is 6.04 Å². The Bertz CT molecular complexity index is 1030. The molecular weight excluding hydrogens is 426 g/mol. The molecule has 0 aliphatic carbocycles. The summed E-state index contributed by atoms with van der Waals surface area (Å²) in [5.74, 6) is 0.654. The van der Waals surface area contributed by atoms with Gasteiger partial charge >= 0.3 is 0 Å². The second-order valence-corrected chi connectivity index (χ2v) is 9.08. The van der Waals surface area contributed by atoms with Crippen molar-refractivity contribution in [3.05, 3.63) is 44.7 Å². The van der Waals surface area contributed by atoms with E-state index >= 15 is 0 Å². The molecule has 1 aliphatic heterocycles. The summed E-state index contributed by atoms with van der Waals surface area (Å²) in [5, 5.41) is 15.9. The number of thiophene rings is 2.